The summed E-state index contributed by atoms with van der Waals surface area (Å²) in [6.45, 7) is 1.14. The molecule has 1 aromatic carbocycles. The van der Waals surface area contributed by atoms with Gasteiger partial charge in [-0.15, -0.1) is 0 Å². The number of nitrogens with one attached hydrogen (secondary N) is 1. The van der Waals surface area contributed by atoms with E-state index in [0.29, 0.717) is 6.04 Å². The molecular weight excluding hydrogens is 170 g/mol. The third-order valence-corrected chi connectivity index (χ3v) is 2.55. The highest BCUT2D eigenvalue weighted by Gasteiger charge is 2.15. The Morgan fingerprint density at radius 2 is 2.33 bits per heavy atom. The Bertz CT molecular complexity index is 266. The first-order valence-electron chi connectivity index (χ1n) is 4.35. The molecule has 0 unspecified atom stereocenters. The van der Waals surface area contributed by atoms with Gasteiger partial charge in [0.25, 0.3) is 0 Å². The Labute approximate surface area is 77.7 Å². The van der Waals surface area contributed by atoms with E-state index < -0.39 is 0 Å². The van der Waals surface area contributed by atoms with Crippen LogP contribution in [0.3, 0.4) is 0 Å². The van der Waals surface area contributed by atoms with E-state index >= 15 is 0 Å². The molecule has 1 atom stereocenters. The van der Waals surface area contributed by atoms with Crippen LogP contribution in [0.5, 0.6) is 0 Å². The van der Waals surface area contributed by atoms with Crippen molar-refractivity contribution in [3.63, 3.8) is 0 Å². The fraction of sp³-hybridized carbons (Fsp3) is 0.400. The third kappa shape index (κ3) is 1.62. The summed E-state index contributed by atoms with van der Waals surface area (Å²) >= 11 is 5.90. The highest BCUT2D eigenvalue weighted by molar-refractivity contribution is 6.30. The molecule has 1 aliphatic heterocycles. The van der Waals surface area contributed by atoms with Crippen molar-refractivity contribution in [2.75, 3.05) is 6.54 Å². The van der Waals surface area contributed by atoms with Crippen molar-refractivity contribution in [2.45, 2.75) is 18.9 Å². The van der Waals surface area contributed by atoms with Crippen LogP contribution in [-0.4, -0.2) is 6.54 Å². The van der Waals surface area contributed by atoms with Gasteiger partial charge < -0.3 is 5.32 Å². The monoisotopic (exact) mass is 181 g/mol. The van der Waals surface area contributed by atoms with E-state index in [1.807, 2.05) is 18.2 Å². The molecule has 0 amide bonds. The van der Waals surface area contributed by atoms with Crippen molar-refractivity contribution in [3.05, 3.63) is 34.9 Å². The molecule has 0 saturated carbocycles. The van der Waals surface area contributed by atoms with Gasteiger partial charge in [0.15, 0.2) is 0 Å². The molecule has 64 valence electrons. The topological polar surface area (TPSA) is 12.0 Å². The molecule has 1 saturated heterocycles. The van der Waals surface area contributed by atoms with Crippen molar-refractivity contribution in [2.24, 2.45) is 0 Å². The van der Waals surface area contributed by atoms with Gasteiger partial charge in [-0.1, -0.05) is 23.7 Å². The number of benzene rings is 1. The summed E-state index contributed by atoms with van der Waals surface area (Å²) in [6.07, 6.45) is 2.51. The molecule has 1 heterocycles. The van der Waals surface area contributed by atoms with Crippen molar-refractivity contribution in [1.82, 2.24) is 5.32 Å². The summed E-state index contributed by atoms with van der Waals surface area (Å²) in [4.78, 5) is 0. The van der Waals surface area contributed by atoms with E-state index in [-0.39, 0.29) is 0 Å². The molecule has 1 N–H and O–H groups in total. The molecule has 1 aliphatic rings. The highest BCUT2D eigenvalue weighted by Crippen LogP contribution is 2.24. The van der Waals surface area contributed by atoms with Gasteiger partial charge in [-0.25, -0.2) is 0 Å². The fourth-order valence-electron chi connectivity index (χ4n) is 1.69. The van der Waals surface area contributed by atoms with Gasteiger partial charge in [0.1, 0.15) is 0 Å². The maximum atomic E-state index is 5.90. The predicted molar refractivity (Wildman–Crippen MR) is 51.4 cm³/mol. The zero-order valence-electron chi connectivity index (χ0n) is 6.89. The van der Waals surface area contributed by atoms with Crippen molar-refractivity contribution in [1.29, 1.82) is 0 Å². The van der Waals surface area contributed by atoms with Crippen molar-refractivity contribution >= 4 is 11.6 Å². The molecular formula is C10H12ClN. The van der Waals surface area contributed by atoms with Gasteiger partial charge in [-0.3, -0.25) is 0 Å². The molecule has 1 aromatic rings. The van der Waals surface area contributed by atoms with E-state index in [0.717, 1.165) is 11.6 Å². The number of rotatable bonds is 1. The molecule has 1 nitrogen and oxygen atoms in total. The summed E-state index contributed by atoms with van der Waals surface area (Å²) in [5, 5.41) is 4.28. The molecule has 2 rings (SSSR count). The standard InChI is InChI=1S/C10H12ClN/c11-9-4-1-3-8(7-9)10-5-2-6-12-10/h1,3-4,7,10,12H,2,5-6H2/t10-/m1/s1. The van der Waals surface area contributed by atoms with Gasteiger partial charge in [-0.05, 0) is 37.1 Å². The molecule has 0 aromatic heterocycles. The Hall–Kier alpha value is -0.530. The zero-order chi connectivity index (χ0) is 8.39. The Balaban J connectivity index is 2.21. The average molecular weight is 182 g/mol. The summed E-state index contributed by atoms with van der Waals surface area (Å²) in [5.74, 6) is 0. The molecule has 2 heteroatoms. The fourth-order valence-corrected chi connectivity index (χ4v) is 1.89. The van der Waals surface area contributed by atoms with Crippen molar-refractivity contribution in [3.8, 4) is 0 Å². The SMILES string of the molecule is Clc1cccc([C@H]2CCCN2)c1. The van der Waals surface area contributed by atoms with Crippen LogP contribution in [0.25, 0.3) is 0 Å². The van der Waals surface area contributed by atoms with Crippen LogP contribution in [0.2, 0.25) is 5.02 Å². The maximum absolute atomic E-state index is 5.90. The van der Waals surface area contributed by atoms with Gasteiger partial charge in [0.05, 0.1) is 0 Å². The molecule has 0 aliphatic carbocycles. The quantitative estimate of drug-likeness (QED) is 0.703. The normalized spacial score (nSPS) is 22.9. The van der Waals surface area contributed by atoms with Crippen LogP contribution >= 0.6 is 11.6 Å². The van der Waals surface area contributed by atoms with E-state index in [1.54, 1.807) is 0 Å². The lowest BCUT2D eigenvalue weighted by molar-refractivity contribution is 0.648. The summed E-state index contributed by atoms with van der Waals surface area (Å²) in [5.41, 5.74) is 1.32. The average Bonchev–Trinajstić information content (AvgIpc) is 2.56. The lowest BCUT2D eigenvalue weighted by Gasteiger charge is -2.09. The lowest BCUT2D eigenvalue weighted by atomic mass is 10.1. The molecule has 0 spiro atoms. The minimum absolute atomic E-state index is 0.531. The predicted octanol–water partition coefficient (Wildman–Crippen LogP) is 2.76. The molecule has 0 radical (unpaired) electrons. The minimum atomic E-state index is 0.531. The van der Waals surface area contributed by atoms with Crippen LogP contribution in [0.15, 0.2) is 24.3 Å². The van der Waals surface area contributed by atoms with Crippen LogP contribution in [0.4, 0.5) is 0 Å². The first-order chi connectivity index (χ1) is 5.86. The van der Waals surface area contributed by atoms with Crippen LogP contribution in [-0.2, 0) is 0 Å². The maximum Gasteiger partial charge on any atom is 0.0409 e. The lowest BCUT2D eigenvalue weighted by Crippen LogP contribution is -2.12. The highest BCUT2D eigenvalue weighted by atomic mass is 35.5. The van der Waals surface area contributed by atoms with Gasteiger partial charge in [0, 0.05) is 11.1 Å². The Morgan fingerprint density at radius 1 is 1.42 bits per heavy atom. The van der Waals surface area contributed by atoms with E-state index in [1.165, 1.54) is 18.4 Å². The number of hydrogen-bond acceptors (Lipinski definition) is 1. The minimum Gasteiger partial charge on any atom is -0.310 e. The number of halogens is 1. The first-order valence-corrected chi connectivity index (χ1v) is 4.73. The smallest absolute Gasteiger partial charge is 0.0409 e. The Kier molecular flexibility index (Phi) is 2.33. The van der Waals surface area contributed by atoms with Crippen LogP contribution in [0, 0.1) is 0 Å². The second kappa shape index (κ2) is 3.46. The zero-order valence-corrected chi connectivity index (χ0v) is 7.64. The second-order valence-electron chi connectivity index (χ2n) is 3.20. The Morgan fingerprint density at radius 3 is 3.00 bits per heavy atom. The van der Waals surface area contributed by atoms with Gasteiger partial charge >= 0.3 is 0 Å². The van der Waals surface area contributed by atoms with E-state index in [2.05, 4.69) is 11.4 Å². The number of hydrogen-bond donors (Lipinski definition) is 1. The van der Waals surface area contributed by atoms with Crippen LogP contribution in [0.1, 0.15) is 24.4 Å². The molecule has 12 heavy (non-hydrogen) atoms. The summed E-state index contributed by atoms with van der Waals surface area (Å²) in [6, 6.07) is 8.64. The van der Waals surface area contributed by atoms with Crippen LogP contribution < -0.4 is 5.32 Å². The van der Waals surface area contributed by atoms with Gasteiger partial charge in [-0.2, -0.15) is 0 Å². The molecule has 1 fully saturated rings. The van der Waals surface area contributed by atoms with E-state index in [9.17, 15) is 0 Å². The summed E-state index contributed by atoms with van der Waals surface area (Å²) in [7, 11) is 0. The third-order valence-electron chi connectivity index (χ3n) is 2.31. The second-order valence-corrected chi connectivity index (χ2v) is 3.64. The van der Waals surface area contributed by atoms with E-state index in [4.69, 9.17) is 11.6 Å². The first kappa shape index (κ1) is 8.09. The van der Waals surface area contributed by atoms with Gasteiger partial charge in [0.2, 0.25) is 0 Å². The molecule has 0 bridgehead atoms. The van der Waals surface area contributed by atoms with Crippen molar-refractivity contribution < 1.29 is 0 Å². The largest absolute Gasteiger partial charge is 0.310 e. The summed E-state index contributed by atoms with van der Waals surface area (Å²) < 4.78 is 0.